The second-order valence-electron chi connectivity index (χ2n) is 6.25. The highest BCUT2D eigenvalue weighted by Crippen LogP contribution is 2.31. The van der Waals surface area contributed by atoms with Crippen LogP contribution in [0.25, 0.3) is 0 Å². The lowest BCUT2D eigenvalue weighted by molar-refractivity contribution is -0.122. The highest BCUT2D eigenvalue weighted by Gasteiger charge is 2.30. The lowest BCUT2D eigenvalue weighted by atomic mass is 10.1. The molecule has 24 heavy (non-hydrogen) atoms. The van der Waals surface area contributed by atoms with Gasteiger partial charge in [-0.25, -0.2) is 0 Å². The second kappa shape index (κ2) is 6.00. The van der Waals surface area contributed by atoms with Crippen molar-refractivity contribution in [3.05, 3.63) is 54.1 Å². The molecule has 5 nitrogen and oxygen atoms in total. The van der Waals surface area contributed by atoms with Crippen molar-refractivity contribution >= 4 is 23.2 Å². The van der Waals surface area contributed by atoms with Gasteiger partial charge < -0.3 is 15.4 Å². The van der Waals surface area contributed by atoms with Gasteiger partial charge in [0.1, 0.15) is 5.75 Å². The molecule has 0 bridgehead atoms. The standard InChI is InChI=1S/C19H18N2O3/c22-18(12-5-6-12)20-14-7-9-15(10-8-14)21-19(23)17-11-13-3-1-2-4-16(13)24-17/h1-4,7-10,12,17H,5-6,11H2,(H,20,22)(H,21,23). The van der Waals surface area contributed by atoms with Crippen LogP contribution in [0.1, 0.15) is 18.4 Å². The number of fused-ring (bicyclic) bond motifs is 1. The predicted octanol–water partition coefficient (Wildman–Crippen LogP) is 2.98. The Hall–Kier alpha value is -2.82. The zero-order valence-electron chi connectivity index (χ0n) is 13.1. The van der Waals surface area contributed by atoms with Gasteiger partial charge in [-0.2, -0.15) is 0 Å². The molecule has 1 aliphatic carbocycles. The molecule has 0 saturated heterocycles. The van der Waals surface area contributed by atoms with Crippen molar-refractivity contribution in [1.82, 2.24) is 0 Å². The van der Waals surface area contributed by atoms with Gasteiger partial charge in [0.2, 0.25) is 5.91 Å². The fourth-order valence-corrected chi connectivity index (χ4v) is 2.78. The zero-order chi connectivity index (χ0) is 16.5. The number of hydrogen-bond donors (Lipinski definition) is 2. The first-order chi connectivity index (χ1) is 11.7. The van der Waals surface area contributed by atoms with E-state index in [1.54, 1.807) is 24.3 Å². The number of amides is 2. The maximum Gasteiger partial charge on any atom is 0.265 e. The van der Waals surface area contributed by atoms with Crippen LogP contribution in [0.5, 0.6) is 5.75 Å². The van der Waals surface area contributed by atoms with Crippen LogP contribution >= 0.6 is 0 Å². The van der Waals surface area contributed by atoms with Crippen molar-refractivity contribution in [2.75, 3.05) is 10.6 Å². The minimum absolute atomic E-state index is 0.0731. The third kappa shape index (κ3) is 3.11. The van der Waals surface area contributed by atoms with E-state index in [4.69, 9.17) is 4.74 Å². The summed E-state index contributed by atoms with van der Waals surface area (Å²) < 4.78 is 5.68. The van der Waals surface area contributed by atoms with Gasteiger partial charge in [-0.05, 0) is 48.7 Å². The Labute approximate surface area is 140 Å². The van der Waals surface area contributed by atoms with E-state index in [9.17, 15) is 9.59 Å². The Bertz CT molecular complexity index is 756. The van der Waals surface area contributed by atoms with Crippen LogP contribution in [0.3, 0.4) is 0 Å². The van der Waals surface area contributed by atoms with Gasteiger partial charge in [0.25, 0.3) is 5.91 Å². The SMILES string of the molecule is O=C(Nc1ccc(NC(=O)C2Cc3ccccc3O2)cc1)C1CC1. The van der Waals surface area contributed by atoms with Crippen molar-refractivity contribution in [2.45, 2.75) is 25.4 Å². The minimum Gasteiger partial charge on any atom is -0.480 e. The van der Waals surface area contributed by atoms with Crippen molar-refractivity contribution < 1.29 is 14.3 Å². The van der Waals surface area contributed by atoms with Crippen LogP contribution in [-0.2, 0) is 16.0 Å². The Morgan fingerprint density at radius 2 is 1.50 bits per heavy atom. The molecule has 4 rings (SSSR count). The van der Waals surface area contributed by atoms with Crippen LogP contribution in [0.2, 0.25) is 0 Å². The zero-order valence-corrected chi connectivity index (χ0v) is 13.1. The molecule has 1 unspecified atom stereocenters. The fourth-order valence-electron chi connectivity index (χ4n) is 2.78. The average molecular weight is 322 g/mol. The van der Waals surface area contributed by atoms with Gasteiger partial charge in [-0.15, -0.1) is 0 Å². The topological polar surface area (TPSA) is 67.4 Å². The van der Waals surface area contributed by atoms with Gasteiger partial charge in [0.15, 0.2) is 6.10 Å². The summed E-state index contributed by atoms with van der Waals surface area (Å²) in [6.45, 7) is 0. The number of benzene rings is 2. The summed E-state index contributed by atoms with van der Waals surface area (Å²) in [5, 5.41) is 5.73. The molecule has 0 spiro atoms. The van der Waals surface area contributed by atoms with Crippen molar-refractivity contribution in [3.63, 3.8) is 0 Å². The summed E-state index contributed by atoms with van der Waals surface area (Å²) in [7, 11) is 0. The first-order valence-electron chi connectivity index (χ1n) is 8.15. The van der Waals surface area contributed by atoms with Crippen LogP contribution in [-0.4, -0.2) is 17.9 Å². The van der Waals surface area contributed by atoms with Crippen molar-refractivity contribution in [1.29, 1.82) is 0 Å². The summed E-state index contributed by atoms with van der Waals surface area (Å²) in [5.74, 6) is 0.853. The largest absolute Gasteiger partial charge is 0.480 e. The van der Waals surface area contributed by atoms with E-state index in [1.165, 1.54) is 0 Å². The third-order valence-corrected chi connectivity index (χ3v) is 4.31. The van der Waals surface area contributed by atoms with E-state index < -0.39 is 6.10 Å². The van der Waals surface area contributed by atoms with Crippen LogP contribution in [0.15, 0.2) is 48.5 Å². The molecule has 0 aromatic heterocycles. The van der Waals surface area contributed by atoms with E-state index in [1.807, 2.05) is 24.3 Å². The Kier molecular flexibility index (Phi) is 3.69. The molecule has 1 fully saturated rings. The van der Waals surface area contributed by atoms with Gasteiger partial charge in [0.05, 0.1) is 0 Å². The number of nitrogens with one attached hydrogen (secondary N) is 2. The average Bonchev–Trinajstić information content (AvgIpc) is 3.35. The van der Waals surface area contributed by atoms with Gasteiger partial charge in [-0.1, -0.05) is 18.2 Å². The summed E-state index contributed by atoms with van der Waals surface area (Å²) in [5.41, 5.74) is 2.48. The summed E-state index contributed by atoms with van der Waals surface area (Å²) >= 11 is 0. The van der Waals surface area contributed by atoms with Crippen molar-refractivity contribution in [3.8, 4) is 5.75 Å². The number of carbonyl (C=O) groups is 2. The first kappa shape index (κ1) is 14.8. The number of rotatable bonds is 4. The van der Waals surface area contributed by atoms with Crippen LogP contribution < -0.4 is 15.4 Å². The molecular formula is C19H18N2O3. The summed E-state index contributed by atoms with van der Waals surface area (Å²) in [6, 6.07) is 14.8. The highest BCUT2D eigenvalue weighted by atomic mass is 16.5. The first-order valence-corrected chi connectivity index (χ1v) is 8.15. The molecule has 1 aliphatic heterocycles. The van der Waals surface area contributed by atoms with E-state index >= 15 is 0 Å². The van der Waals surface area contributed by atoms with Gasteiger partial charge in [0, 0.05) is 23.7 Å². The minimum atomic E-state index is -0.503. The number of para-hydroxylation sites is 1. The molecule has 2 aliphatic rings. The maximum atomic E-state index is 12.3. The van der Waals surface area contributed by atoms with E-state index in [0.29, 0.717) is 12.1 Å². The quantitative estimate of drug-likeness (QED) is 0.909. The van der Waals surface area contributed by atoms with E-state index in [0.717, 1.165) is 29.8 Å². The smallest absolute Gasteiger partial charge is 0.265 e. The molecule has 2 amide bonds. The molecule has 0 radical (unpaired) electrons. The van der Waals surface area contributed by atoms with E-state index in [-0.39, 0.29) is 17.7 Å². The molecule has 2 N–H and O–H groups in total. The van der Waals surface area contributed by atoms with Crippen molar-refractivity contribution in [2.24, 2.45) is 5.92 Å². The molecular weight excluding hydrogens is 304 g/mol. The van der Waals surface area contributed by atoms with Crippen LogP contribution in [0.4, 0.5) is 11.4 Å². The monoisotopic (exact) mass is 322 g/mol. The molecule has 1 atom stereocenters. The number of anilines is 2. The molecule has 1 heterocycles. The normalized spacial score (nSPS) is 18.4. The van der Waals surface area contributed by atoms with Gasteiger partial charge >= 0.3 is 0 Å². The molecule has 2 aromatic rings. The maximum absolute atomic E-state index is 12.3. The van der Waals surface area contributed by atoms with Gasteiger partial charge in [-0.3, -0.25) is 9.59 Å². The number of carbonyl (C=O) groups excluding carboxylic acids is 2. The molecule has 122 valence electrons. The Morgan fingerprint density at radius 3 is 2.12 bits per heavy atom. The number of ether oxygens (including phenoxy) is 1. The van der Waals surface area contributed by atoms with E-state index in [2.05, 4.69) is 10.6 Å². The highest BCUT2D eigenvalue weighted by molar-refractivity contribution is 5.96. The molecule has 1 saturated carbocycles. The summed E-state index contributed by atoms with van der Waals surface area (Å²) in [4.78, 5) is 24.1. The lowest BCUT2D eigenvalue weighted by Crippen LogP contribution is -2.31. The Morgan fingerprint density at radius 1 is 0.875 bits per heavy atom. The fraction of sp³-hybridized carbons (Fsp3) is 0.263. The Balaban J connectivity index is 1.35. The number of hydrogen-bond acceptors (Lipinski definition) is 3. The molecule has 5 heteroatoms. The third-order valence-electron chi connectivity index (χ3n) is 4.31. The lowest BCUT2D eigenvalue weighted by Gasteiger charge is -2.12. The summed E-state index contributed by atoms with van der Waals surface area (Å²) in [6.07, 6.45) is 2.03. The molecule has 2 aromatic carbocycles. The second-order valence-corrected chi connectivity index (χ2v) is 6.25. The van der Waals surface area contributed by atoms with Crippen LogP contribution in [0, 0.1) is 5.92 Å². The predicted molar refractivity (Wildman–Crippen MR) is 91.0 cm³/mol.